The highest BCUT2D eigenvalue weighted by molar-refractivity contribution is 7.80. The van der Waals surface area contributed by atoms with E-state index in [-0.39, 0.29) is 38.0 Å². The first kappa shape index (κ1) is 25.0. The Morgan fingerprint density at radius 2 is 1.74 bits per heavy atom. The number of hydrogen-bond acceptors (Lipinski definition) is 5. The van der Waals surface area contributed by atoms with Crippen molar-refractivity contribution >= 4 is 75.7 Å². The molecule has 1 saturated heterocycles. The lowest BCUT2D eigenvalue weighted by atomic mass is 10.1. The zero-order chi connectivity index (χ0) is 25.1. The second-order valence-electron chi connectivity index (χ2n) is 7.34. The molecule has 178 valence electrons. The predicted molar refractivity (Wildman–Crippen MR) is 141 cm³/mol. The Labute approximate surface area is 222 Å². The number of carbonyl (C=O) groups is 2. The number of rotatable bonds is 6. The molecule has 6 nitrogen and oxygen atoms in total. The quantitative estimate of drug-likeness (QED) is 0.231. The van der Waals surface area contributed by atoms with Crippen LogP contribution in [0.15, 0.2) is 66.2 Å². The first-order chi connectivity index (χ1) is 16.8. The van der Waals surface area contributed by atoms with Crippen LogP contribution in [-0.4, -0.2) is 24.0 Å². The summed E-state index contributed by atoms with van der Waals surface area (Å²) in [6, 6.07) is 17.5. The summed E-state index contributed by atoms with van der Waals surface area (Å²) < 4.78 is 11.3. The predicted octanol–water partition coefficient (Wildman–Crippen LogP) is 6.07. The topological polar surface area (TPSA) is 67.9 Å². The molecule has 0 aromatic heterocycles. The van der Waals surface area contributed by atoms with Gasteiger partial charge >= 0.3 is 0 Å². The van der Waals surface area contributed by atoms with E-state index in [0.717, 1.165) is 10.5 Å². The Kier molecular flexibility index (Phi) is 7.62. The fourth-order valence-corrected chi connectivity index (χ4v) is 4.33. The molecule has 10 heteroatoms. The molecule has 1 heterocycles. The average molecular weight is 548 g/mol. The van der Waals surface area contributed by atoms with Crippen LogP contribution in [-0.2, 0) is 16.2 Å². The molecule has 0 bridgehead atoms. The van der Waals surface area contributed by atoms with Crippen LogP contribution in [0.2, 0.25) is 15.1 Å². The molecule has 3 aromatic rings. The number of carbonyl (C=O) groups excluding carboxylic acids is 2. The van der Waals surface area contributed by atoms with Gasteiger partial charge in [0.2, 0.25) is 0 Å². The van der Waals surface area contributed by atoms with Crippen LogP contribution in [0.25, 0.3) is 6.08 Å². The molecule has 0 saturated carbocycles. The number of amides is 2. The van der Waals surface area contributed by atoms with Crippen LogP contribution in [0.5, 0.6) is 11.5 Å². The molecular weight excluding hydrogens is 531 g/mol. The van der Waals surface area contributed by atoms with E-state index in [1.807, 2.05) is 30.3 Å². The summed E-state index contributed by atoms with van der Waals surface area (Å²) in [4.78, 5) is 27.1. The van der Waals surface area contributed by atoms with Crippen LogP contribution in [0.1, 0.15) is 11.1 Å². The van der Waals surface area contributed by atoms with E-state index in [0.29, 0.717) is 17.1 Å². The van der Waals surface area contributed by atoms with E-state index >= 15 is 0 Å². The third kappa shape index (κ3) is 5.28. The third-order valence-corrected chi connectivity index (χ3v) is 6.44. The Morgan fingerprint density at radius 3 is 2.46 bits per heavy atom. The molecule has 2 amide bonds. The van der Waals surface area contributed by atoms with E-state index in [1.165, 1.54) is 13.2 Å². The Hall–Kier alpha value is -3.10. The molecule has 0 radical (unpaired) electrons. The normalized spacial score (nSPS) is 14.8. The van der Waals surface area contributed by atoms with Crippen LogP contribution in [0.3, 0.4) is 0 Å². The maximum Gasteiger partial charge on any atom is 0.270 e. The highest BCUT2D eigenvalue weighted by atomic mass is 35.5. The van der Waals surface area contributed by atoms with Gasteiger partial charge in [0.1, 0.15) is 12.2 Å². The zero-order valence-electron chi connectivity index (χ0n) is 18.2. The molecule has 3 aromatic carbocycles. The van der Waals surface area contributed by atoms with Crippen LogP contribution in [0.4, 0.5) is 5.69 Å². The Morgan fingerprint density at radius 1 is 1.00 bits per heavy atom. The molecule has 0 unspecified atom stereocenters. The summed E-state index contributed by atoms with van der Waals surface area (Å²) in [5.41, 5.74) is 1.48. The van der Waals surface area contributed by atoms with Crippen molar-refractivity contribution in [1.29, 1.82) is 0 Å². The van der Waals surface area contributed by atoms with Gasteiger partial charge in [-0.25, -0.2) is 0 Å². The van der Waals surface area contributed by atoms with Crippen molar-refractivity contribution in [3.8, 4) is 11.5 Å². The number of methoxy groups -OCH3 is 1. The molecule has 1 fully saturated rings. The van der Waals surface area contributed by atoms with Gasteiger partial charge in [-0.15, -0.1) is 0 Å². The number of nitrogens with one attached hydrogen (secondary N) is 1. The van der Waals surface area contributed by atoms with Gasteiger partial charge in [-0.2, -0.15) is 0 Å². The number of ether oxygens (including phenoxy) is 2. The standard InChI is InChI=1S/C25H17Cl3N2O4S/c1-33-20-12-15(11-18(27)22(20)34-13-14-6-3-2-4-7-14)10-16-23(31)29-25(35)30(24(16)32)19-9-5-8-17(26)21(19)28/h2-12H,13H2,1H3,(H,29,31,35)/b16-10+. The van der Waals surface area contributed by atoms with Gasteiger partial charge in [-0.05, 0) is 53.7 Å². The lowest BCUT2D eigenvalue weighted by Gasteiger charge is -2.29. The van der Waals surface area contributed by atoms with Gasteiger partial charge in [0.05, 0.1) is 27.9 Å². The fraction of sp³-hybridized carbons (Fsp3) is 0.0800. The van der Waals surface area contributed by atoms with Crippen molar-refractivity contribution in [3.05, 3.63) is 92.4 Å². The fourth-order valence-electron chi connectivity index (χ4n) is 3.40. The van der Waals surface area contributed by atoms with Crippen molar-refractivity contribution < 1.29 is 19.1 Å². The zero-order valence-corrected chi connectivity index (χ0v) is 21.3. The second kappa shape index (κ2) is 10.7. The molecule has 0 atom stereocenters. The third-order valence-electron chi connectivity index (χ3n) is 5.06. The SMILES string of the molecule is COc1cc(/C=C2\C(=O)NC(=S)N(c3cccc(Cl)c3Cl)C2=O)cc(Cl)c1OCc1ccccc1. The van der Waals surface area contributed by atoms with Gasteiger partial charge in [-0.1, -0.05) is 71.2 Å². The van der Waals surface area contributed by atoms with Gasteiger partial charge in [0.25, 0.3) is 11.8 Å². The van der Waals surface area contributed by atoms with Crippen molar-refractivity contribution in [2.24, 2.45) is 0 Å². The van der Waals surface area contributed by atoms with E-state index in [1.54, 1.807) is 30.3 Å². The molecular formula is C25H17Cl3N2O4S. The summed E-state index contributed by atoms with van der Waals surface area (Å²) in [6.07, 6.45) is 1.39. The minimum atomic E-state index is -0.664. The summed E-state index contributed by atoms with van der Waals surface area (Å²) >= 11 is 24.1. The number of hydrogen-bond donors (Lipinski definition) is 1. The lowest BCUT2D eigenvalue weighted by molar-refractivity contribution is -0.122. The Bertz CT molecular complexity index is 1360. The highest BCUT2D eigenvalue weighted by Gasteiger charge is 2.35. The maximum atomic E-state index is 13.3. The molecule has 1 aliphatic heterocycles. The van der Waals surface area contributed by atoms with Crippen molar-refractivity contribution in [1.82, 2.24) is 5.32 Å². The van der Waals surface area contributed by atoms with E-state index in [9.17, 15) is 9.59 Å². The largest absolute Gasteiger partial charge is 0.493 e. The van der Waals surface area contributed by atoms with E-state index < -0.39 is 11.8 Å². The van der Waals surface area contributed by atoms with E-state index in [2.05, 4.69) is 5.32 Å². The van der Waals surface area contributed by atoms with Crippen molar-refractivity contribution in [2.45, 2.75) is 6.61 Å². The molecule has 0 aliphatic carbocycles. The average Bonchev–Trinajstić information content (AvgIpc) is 2.84. The molecule has 35 heavy (non-hydrogen) atoms. The minimum Gasteiger partial charge on any atom is -0.493 e. The van der Waals surface area contributed by atoms with E-state index in [4.69, 9.17) is 56.5 Å². The molecule has 4 rings (SSSR count). The summed E-state index contributed by atoms with van der Waals surface area (Å²) in [5, 5.41) is 3.02. The maximum absolute atomic E-state index is 13.3. The monoisotopic (exact) mass is 546 g/mol. The smallest absolute Gasteiger partial charge is 0.270 e. The van der Waals surface area contributed by atoms with Crippen molar-refractivity contribution in [2.75, 3.05) is 12.0 Å². The van der Waals surface area contributed by atoms with Gasteiger partial charge in [0, 0.05) is 0 Å². The molecule has 1 aliphatic rings. The van der Waals surface area contributed by atoms with Crippen LogP contribution in [0, 0.1) is 0 Å². The lowest BCUT2D eigenvalue weighted by Crippen LogP contribution is -2.54. The van der Waals surface area contributed by atoms with Gasteiger partial charge in [0.15, 0.2) is 16.6 Å². The van der Waals surface area contributed by atoms with Gasteiger partial charge < -0.3 is 9.47 Å². The first-order valence-electron chi connectivity index (χ1n) is 10.2. The second-order valence-corrected chi connectivity index (χ2v) is 8.92. The van der Waals surface area contributed by atoms with Crippen LogP contribution < -0.4 is 19.7 Å². The highest BCUT2D eigenvalue weighted by Crippen LogP contribution is 2.38. The molecule has 1 N–H and O–H groups in total. The first-order valence-corrected chi connectivity index (χ1v) is 11.7. The van der Waals surface area contributed by atoms with Gasteiger partial charge in [-0.3, -0.25) is 19.8 Å². The molecule has 0 spiro atoms. The Balaban J connectivity index is 1.67. The summed E-state index contributed by atoms with van der Waals surface area (Å²) in [7, 11) is 1.47. The van der Waals surface area contributed by atoms with Crippen LogP contribution >= 0.6 is 47.0 Å². The number of thiocarbonyl (C=S) groups is 1. The minimum absolute atomic E-state index is 0.110. The number of nitrogens with zero attached hydrogens (tertiary/aromatic N) is 1. The summed E-state index contributed by atoms with van der Waals surface area (Å²) in [5.74, 6) is -0.640. The van der Waals surface area contributed by atoms with Crippen molar-refractivity contribution in [3.63, 3.8) is 0 Å². The number of anilines is 1. The number of halogens is 3. The number of benzene rings is 3. The summed E-state index contributed by atoms with van der Waals surface area (Å²) in [6.45, 7) is 0.283.